The van der Waals surface area contributed by atoms with Crippen LogP contribution >= 0.6 is 0 Å². The van der Waals surface area contributed by atoms with Gasteiger partial charge in [-0.2, -0.15) is 13.2 Å². The summed E-state index contributed by atoms with van der Waals surface area (Å²) >= 11 is 0. The van der Waals surface area contributed by atoms with Gasteiger partial charge in [0.1, 0.15) is 11.5 Å². The van der Waals surface area contributed by atoms with Gasteiger partial charge < -0.3 is 10.1 Å². The van der Waals surface area contributed by atoms with E-state index in [0.717, 1.165) is 6.07 Å². The van der Waals surface area contributed by atoms with Crippen molar-refractivity contribution in [1.29, 1.82) is 0 Å². The van der Waals surface area contributed by atoms with Crippen molar-refractivity contribution in [3.05, 3.63) is 23.9 Å². The van der Waals surface area contributed by atoms with Crippen LogP contribution in [0.2, 0.25) is 0 Å². The van der Waals surface area contributed by atoms with Gasteiger partial charge in [-0.1, -0.05) is 6.07 Å². The highest BCUT2D eigenvalue weighted by molar-refractivity contribution is 5.35. The van der Waals surface area contributed by atoms with Crippen LogP contribution in [0.4, 0.5) is 19.0 Å². The van der Waals surface area contributed by atoms with E-state index in [1.165, 1.54) is 12.1 Å². The van der Waals surface area contributed by atoms with Crippen molar-refractivity contribution in [1.82, 2.24) is 4.98 Å². The van der Waals surface area contributed by atoms with Crippen molar-refractivity contribution in [2.24, 2.45) is 0 Å². The first-order chi connectivity index (χ1) is 7.93. The molecule has 0 aliphatic heterocycles. The molecule has 1 heterocycles. The van der Waals surface area contributed by atoms with E-state index in [1.807, 2.05) is 13.8 Å². The molecule has 0 radical (unpaired) electrons. The van der Waals surface area contributed by atoms with Crippen molar-refractivity contribution >= 4 is 5.82 Å². The molecule has 96 valence electrons. The summed E-state index contributed by atoms with van der Waals surface area (Å²) in [4.78, 5) is 3.48. The fourth-order valence-electron chi connectivity index (χ4n) is 1.28. The number of nitrogens with one attached hydrogen (secondary N) is 1. The summed E-state index contributed by atoms with van der Waals surface area (Å²) in [6.07, 6.45) is -4.49. The molecule has 3 nitrogen and oxygen atoms in total. The molecule has 0 fully saturated rings. The minimum Gasteiger partial charge on any atom is -0.377 e. The molecule has 1 N–H and O–H groups in total. The van der Waals surface area contributed by atoms with E-state index < -0.39 is 11.9 Å². The van der Waals surface area contributed by atoms with Crippen LogP contribution in [0, 0.1) is 0 Å². The third kappa shape index (κ3) is 4.60. The zero-order chi connectivity index (χ0) is 12.9. The standard InChI is InChI=1S/C11H15F3N2O/c1-3-17-8(2)7-15-10-6-4-5-9(16-10)11(12,13)14/h4-6,8H,3,7H2,1-2H3,(H,15,16). The van der Waals surface area contributed by atoms with E-state index >= 15 is 0 Å². The van der Waals surface area contributed by atoms with E-state index in [-0.39, 0.29) is 11.9 Å². The smallest absolute Gasteiger partial charge is 0.377 e. The lowest BCUT2D eigenvalue weighted by atomic mass is 10.3. The number of aromatic nitrogens is 1. The summed E-state index contributed by atoms with van der Waals surface area (Å²) in [6, 6.07) is 3.76. The first-order valence-corrected chi connectivity index (χ1v) is 5.33. The number of hydrogen-bond acceptors (Lipinski definition) is 3. The summed E-state index contributed by atoms with van der Waals surface area (Å²) in [7, 11) is 0. The lowest BCUT2D eigenvalue weighted by molar-refractivity contribution is -0.141. The monoisotopic (exact) mass is 248 g/mol. The molecule has 1 atom stereocenters. The Kier molecular flexibility index (Phi) is 4.74. The lowest BCUT2D eigenvalue weighted by Crippen LogP contribution is -2.20. The largest absolute Gasteiger partial charge is 0.433 e. The predicted octanol–water partition coefficient (Wildman–Crippen LogP) is 2.94. The first-order valence-electron chi connectivity index (χ1n) is 5.33. The second kappa shape index (κ2) is 5.86. The fraction of sp³-hybridized carbons (Fsp3) is 0.545. The van der Waals surface area contributed by atoms with Gasteiger partial charge in [-0.15, -0.1) is 0 Å². The lowest BCUT2D eigenvalue weighted by Gasteiger charge is -2.14. The molecule has 0 saturated carbocycles. The number of rotatable bonds is 5. The number of hydrogen-bond donors (Lipinski definition) is 1. The average molecular weight is 248 g/mol. The van der Waals surface area contributed by atoms with Crippen molar-refractivity contribution < 1.29 is 17.9 Å². The Morgan fingerprint density at radius 2 is 2.12 bits per heavy atom. The minimum atomic E-state index is -4.41. The molecule has 1 unspecified atom stereocenters. The van der Waals surface area contributed by atoms with Gasteiger partial charge in [-0.3, -0.25) is 0 Å². The van der Waals surface area contributed by atoms with Crippen LogP contribution in [-0.2, 0) is 10.9 Å². The van der Waals surface area contributed by atoms with Crippen LogP contribution < -0.4 is 5.32 Å². The molecular formula is C11H15F3N2O. The van der Waals surface area contributed by atoms with Gasteiger partial charge in [-0.05, 0) is 26.0 Å². The number of anilines is 1. The van der Waals surface area contributed by atoms with E-state index in [9.17, 15) is 13.2 Å². The molecule has 0 aliphatic rings. The molecule has 1 aromatic rings. The van der Waals surface area contributed by atoms with E-state index in [2.05, 4.69) is 10.3 Å². The van der Waals surface area contributed by atoms with Crippen LogP contribution in [0.25, 0.3) is 0 Å². The zero-order valence-corrected chi connectivity index (χ0v) is 9.71. The Bertz CT molecular complexity index is 355. The molecular weight excluding hydrogens is 233 g/mol. The first kappa shape index (κ1) is 13.8. The zero-order valence-electron chi connectivity index (χ0n) is 9.71. The second-order valence-corrected chi connectivity index (χ2v) is 3.55. The van der Waals surface area contributed by atoms with Crippen LogP contribution in [0.15, 0.2) is 18.2 Å². The maximum absolute atomic E-state index is 12.4. The number of halogens is 3. The number of nitrogens with zero attached hydrogens (tertiary/aromatic N) is 1. The minimum absolute atomic E-state index is 0.0728. The Morgan fingerprint density at radius 1 is 1.41 bits per heavy atom. The van der Waals surface area contributed by atoms with Gasteiger partial charge >= 0.3 is 6.18 Å². The maximum Gasteiger partial charge on any atom is 0.433 e. The molecule has 0 saturated heterocycles. The molecule has 0 aromatic carbocycles. The quantitative estimate of drug-likeness (QED) is 0.869. The maximum atomic E-state index is 12.4. The summed E-state index contributed by atoms with van der Waals surface area (Å²) in [5.74, 6) is 0.200. The highest BCUT2D eigenvalue weighted by atomic mass is 19.4. The Labute approximate surface area is 98.0 Å². The Hall–Kier alpha value is -1.30. The second-order valence-electron chi connectivity index (χ2n) is 3.55. The van der Waals surface area contributed by atoms with E-state index in [0.29, 0.717) is 13.2 Å². The third-order valence-electron chi connectivity index (χ3n) is 2.06. The van der Waals surface area contributed by atoms with Crippen LogP contribution in [0.5, 0.6) is 0 Å². The summed E-state index contributed by atoms with van der Waals surface area (Å²) < 4.78 is 42.4. The van der Waals surface area contributed by atoms with Gasteiger partial charge in [0, 0.05) is 13.2 Å². The highest BCUT2D eigenvalue weighted by Crippen LogP contribution is 2.28. The highest BCUT2D eigenvalue weighted by Gasteiger charge is 2.32. The van der Waals surface area contributed by atoms with Crippen molar-refractivity contribution in [2.75, 3.05) is 18.5 Å². The van der Waals surface area contributed by atoms with Gasteiger partial charge in [-0.25, -0.2) is 4.98 Å². The predicted molar refractivity (Wildman–Crippen MR) is 58.8 cm³/mol. The van der Waals surface area contributed by atoms with Gasteiger partial charge in [0.2, 0.25) is 0 Å². The van der Waals surface area contributed by atoms with Gasteiger partial charge in [0.05, 0.1) is 6.10 Å². The topological polar surface area (TPSA) is 34.1 Å². The SMILES string of the molecule is CCOC(C)CNc1cccc(C(F)(F)F)n1. The molecule has 0 aliphatic carbocycles. The van der Waals surface area contributed by atoms with E-state index in [1.54, 1.807) is 0 Å². The molecule has 1 aromatic heterocycles. The van der Waals surface area contributed by atoms with Gasteiger partial charge in [0.15, 0.2) is 0 Å². The molecule has 6 heteroatoms. The van der Waals surface area contributed by atoms with Crippen LogP contribution in [0.3, 0.4) is 0 Å². The van der Waals surface area contributed by atoms with Gasteiger partial charge in [0.25, 0.3) is 0 Å². The molecule has 0 bridgehead atoms. The molecule has 17 heavy (non-hydrogen) atoms. The number of alkyl halides is 3. The normalized spacial score (nSPS) is 13.5. The average Bonchev–Trinajstić information content (AvgIpc) is 2.26. The van der Waals surface area contributed by atoms with Crippen LogP contribution in [0.1, 0.15) is 19.5 Å². The summed E-state index contributed by atoms with van der Waals surface area (Å²) in [5, 5.41) is 2.81. The Balaban J connectivity index is 2.60. The van der Waals surface area contributed by atoms with Crippen molar-refractivity contribution in [3.8, 4) is 0 Å². The van der Waals surface area contributed by atoms with Crippen molar-refractivity contribution in [2.45, 2.75) is 26.1 Å². The molecule has 1 rings (SSSR count). The number of ether oxygens (including phenoxy) is 1. The van der Waals surface area contributed by atoms with Crippen LogP contribution in [-0.4, -0.2) is 24.2 Å². The fourth-order valence-corrected chi connectivity index (χ4v) is 1.28. The van der Waals surface area contributed by atoms with E-state index in [4.69, 9.17) is 4.74 Å². The van der Waals surface area contributed by atoms with Crippen molar-refractivity contribution in [3.63, 3.8) is 0 Å². The molecule has 0 spiro atoms. The summed E-state index contributed by atoms with van der Waals surface area (Å²) in [6.45, 7) is 4.68. The third-order valence-corrected chi connectivity index (χ3v) is 2.06. The molecule has 0 amide bonds. The number of pyridine rings is 1. The Morgan fingerprint density at radius 3 is 2.71 bits per heavy atom. The summed E-state index contributed by atoms with van der Waals surface area (Å²) in [5.41, 5.74) is -0.897.